The Hall–Kier alpha value is -1.73. The number of aliphatic hydroxyl groups excluding tert-OH is 3. The molecular weight excluding hydrogens is 428 g/mol. The van der Waals surface area contributed by atoms with Gasteiger partial charge >= 0.3 is 0 Å². The van der Waals surface area contributed by atoms with Crippen LogP contribution in [0, 0.1) is 11.3 Å². The van der Waals surface area contributed by atoms with Crippen LogP contribution in [0.5, 0.6) is 5.75 Å². The molecule has 1 aliphatic heterocycles. The molecule has 1 saturated carbocycles. The molecule has 0 amide bonds. The van der Waals surface area contributed by atoms with Crippen LogP contribution in [-0.2, 0) is 6.61 Å². The Morgan fingerprint density at radius 1 is 1.15 bits per heavy atom. The van der Waals surface area contributed by atoms with E-state index in [2.05, 4.69) is 9.88 Å². The first-order valence-corrected chi connectivity index (χ1v) is 13.1. The van der Waals surface area contributed by atoms with Crippen LogP contribution in [0.4, 0.5) is 0 Å². The van der Waals surface area contributed by atoms with Gasteiger partial charge in [-0.2, -0.15) is 0 Å². The highest BCUT2D eigenvalue weighted by atomic mass is 16.5. The van der Waals surface area contributed by atoms with Crippen molar-refractivity contribution >= 4 is 10.9 Å². The second-order valence-corrected chi connectivity index (χ2v) is 10.6. The van der Waals surface area contributed by atoms with Crippen LogP contribution in [0.3, 0.4) is 0 Å². The maximum Gasteiger partial charge on any atom is 0.119 e. The predicted octanol–water partition coefficient (Wildman–Crippen LogP) is 4.59. The second-order valence-electron chi connectivity index (χ2n) is 10.6. The van der Waals surface area contributed by atoms with Gasteiger partial charge in [-0.05, 0) is 86.8 Å². The molecule has 1 atom stereocenters. The molecule has 3 N–H and O–H groups in total. The Balaban J connectivity index is 1.38. The van der Waals surface area contributed by atoms with Crippen LogP contribution < -0.4 is 4.74 Å². The van der Waals surface area contributed by atoms with Crippen LogP contribution in [0.25, 0.3) is 10.9 Å². The van der Waals surface area contributed by atoms with Crippen molar-refractivity contribution < 1.29 is 20.1 Å². The first kappa shape index (κ1) is 25.4. The van der Waals surface area contributed by atoms with Crippen LogP contribution in [0.2, 0.25) is 0 Å². The third-order valence-corrected chi connectivity index (χ3v) is 8.48. The molecule has 2 fully saturated rings. The summed E-state index contributed by atoms with van der Waals surface area (Å²) in [5.41, 5.74) is 2.01. The molecule has 1 aromatic heterocycles. The number of hydrogen-bond donors (Lipinski definition) is 3. The fraction of sp³-hybridized carbons (Fsp3) is 0.679. The summed E-state index contributed by atoms with van der Waals surface area (Å²) in [6, 6.07) is 5.61. The number of ether oxygens (including phenoxy) is 1. The smallest absolute Gasteiger partial charge is 0.119 e. The van der Waals surface area contributed by atoms with Crippen LogP contribution in [0.15, 0.2) is 24.4 Å². The van der Waals surface area contributed by atoms with E-state index in [0.717, 1.165) is 54.7 Å². The van der Waals surface area contributed by atoms with E-state index in [1.807, 2.05) is 18.2 Å². The Bertz CT molecular complexity index is 915. The zero-order valence-electron chi connectivity index (χ0n) is 20.7. The van der Waals surface area contributed by atoms with Gasteiger partial charge in [0.05, 0.1) is 25.3 Å². The summed E-state index contributed by atoms with van der Waals surface area (Å²) in [4.78, 5) is 7.01. The average molecular weight is 471 g/mol. The molecule has 0 unspecified atom stereocenters. The van der Waals surface area contributed by atoms with E-state index >= 15 is 0 Å². The van der Waals surface area contributed by atoms with Crippen molar-refractivity contribution in [3.8, 4) is 5.75 Å². The molecule has 4 rings (SSSR count). The molecule has 188 valence electrons. The van der Waals surface area contributed by atoms with Crippen molar-refractivity contribution in [2.24, 2.45) is 11.3 Å². The summed E-state index contributed by atoms with van der Waals surface area (Å²) in [7, 11) is 1.62. The van der Waals surface area contributed by atoms with E-state index < -0.39 is 6.10 Å². The highest BCUT2D eigenvalue weighted by Crippen LogP contribution is 2.40. The topological polar surface area (TPSA) is 86.0 Å². The van der Waals surface area contributed by atoms with E-state index in [0.29, 0.717) is 17.7 Å². The van der Waals surface area contributed by atoms with E-state index in [1.54, 1.807) is 13.3 Å². The van der Waals surface area contributed by atoms with E-state index in [-0.39, 0.29) is 18.6 Å². The lowest BCUT2D eigenvalue weighted by molar-refractivity contribution is 0.0216. The third-order valence-electron chi connectivity index (χ3n) is 8.48. The maximum absolute atomic E-state index is 11.2. The average Bonchev–Trinajstić information content (AvgIpc) is 2.90. The number of aromatic nitrogens is 1. The number of likely N-dealkylation sites (tertiary alicyclic amines) is 1. The van der Waals surface area contributed by atoms with Gasteiger partial charge in [-0.25, -0.2) is 0 Å². The fourth-order valence-corrected chi connectivity index (χ4v) is 6.05. The number of pyridine rings is 1. The Morgan fingerprint density at radius 2 is 1.91 bits per heavy atom. The molecule has 2 aliphatic rings. The van der Waals surface area contributed by atoms with Gasteiger partial charge < -0.3 is 25.0 Å². The SMILES string of the molecule is COc1ccc2ncc(CO)c([C@@H](O)CCC3(CO)CCN(CCC4CCCCC4)CC3)c2c1. The summed E-state index contributed by atoms with van der Waals surface area (Å²) in [5, 5.41) is 32.3. The molecule has 2 aromatic rings. The standard InChI is InChI=1S/C28H42N2O4/c1-34-23-7-8-25-24(17-23)27(22(19-31)18-29-25)26(33)9-11-28(20-32)12-15-30(16-13-28)14-10-21-5-3-2-4-6-21/h7-8,17-18,21,26,31-33H,2-6,9-16,19-20H2,1H3/t26-/m0/s1. The van der Waals surface area contributed by atoms with E-state index in [4.69, 9.17) is 4.74 Å². The van der Waals surface area contributed by atoms with Crippen molar-refractivity contribution in [1.29, 1.82) is 0 Å². The molecule has 6 nitrogen and oxygen atoms in total. The van der Waals surface area contributed by atoms with E-state index in [1.165, 1.54) is 45.1 Å². The summed E-state index contributed by atoms with van der Waals surface area (Å²) in [6.45, 7) is 3.22. The molecular formula is C28H42N2O4. The molecule has 0 bridgehead atoms. The molecule has 1 saturated heterocycles. The number of nitrogens with zero attached hydrogens (tertiary/aromatic N) is 2. The van der Waals surface area contributed by atoms with E-state index in [9.17, 15) is 15.3 Å². The van der Waals surface area contributed by atoms with Crippen molar-refractivity contribution in [3.05, 3.63) is 35.5 Å². The van der Waals surface area contributed by atoms with Gasteiger partial charge in [0.15, 0.2) is 0 Å². The van der Waals surface area contributed by atoms with Crippen LogP contribution in [-0.4, -0.2) is 58.6 Å². The van der Waals surface area contributed by atoms with Crippen LogP contribution in [0.1, 0.15) is 81.4 Å². The zero-order valence-corrected chi connectivity index (χ0v) is 20.7. The number of rotatable bonds is 10. The fourth-order valence-electron chi connectivity index (χ4n) is 6.05. The Kier molecular flexibility index (Phi) is 8.81. The molecule has 34 heavy (non-hydrogen) atoms. The summed E-state index contributed by atoms with van der Waals surface area (Å²) >= 11 is 0. The molecule has 6 heteroatoms. The first-order valence-electron chi connectivity index (χ1n) is 13.1. The van der Waals surface area contributed by atoms with Gasteiger partial charge in [-0.1, -0.05) is 32.1 Å². The minimum Gasteiger partial charge on any atom is -0.497 e. The number of piperidine rings is 1. The van der Waals surface area contributed by atoms with Crippen molar-refractivity contribution in [1.82, 2.24) is 9.88 Å². The highest BCUT2D eigenvalue weighted by Gasteiger charge is 2.35. The number of aliphatic hydroxyl groups is 3. The van der Waals surface area contributed by atoms with Gasteiger partial charge in [0, 0.05) is 23.8 Å². The van der Waals surface area contributed by atoms with Crippen LogP contribution >= 0.6 is 0 Å². The maximum atomic E-state index is 11.2. The monoisotopic (exact) mass is 470 g/mol. The Labute approximate surface area is 204 Å². The minimum absolute atomic E-state index is 0.137. The molecule has 0 radical (unpaired) electrons. The lowest BCUT2D eigenvalue weighted by atomic mass is 9.74. The second kappa shape index (κ2) is 11.8. The van der Waals surface area contributed by atoms with Crippen molar-refractivity contribution in [2.75, 3.05) is 33.4 Å². The van der Waals surface area contributed by atoms with Crippen molar-refractivity contribution in [3.63, 3.8) is 0 Å². The third kappa shape index (κ3) is 5.91. The lowest BCUT2D eigenvalue weighted by Crippen LogP contribution is -2.42. The van der Waals surface area contributed by atoms with Gasteiger partial charge in [-0.15, -0.1) is 0 Å². The zero-order chi connectivity index (χ0) is 24.0. The molecule has 1 aliphatic carbocycles. The molecule has 2 heterocycles. The number of fused-ring (bicyclic) bond motifs is 1. The van der Waals surface area contributed by atoms with Gasteiger partial charge in [0.2, 0.25) is 0 Å². The Morgan fingerprint density at radius 3 is 2.59 bits per heavy atom. The van der Waals surface area contributed by atoms with Gasteiger partial charge in [-0.3, -0.25) is 4.98 Å². The number of hydrogen-bond acceptors (Lipinski definition) is 6. The largest absolute Gasteiger partial charge is 0.497 e. The predicted molar refractivity (Wildman–Crippen MR) is 135 cm³/mol. The molecule has 0 spiro atoms. The normalized spacial score (nSPS) is 20.5. The lowest BCUT2D eigenvalue weighted by Gasteiger charge is -2.41. The summed E-state index contributed by atoms with van der Waals surface area (Å²) < 4.78 is 5.38. The highest BCUT2D eigenvalue weighted by molar-refractivity contribution is 5.85. The summed E-state index contributed by atoms with van der Waals surface area (Å²) in [6.07, 6.45) is 12.5. The number of benzene rings is 1. The quantitative estimate of drug-likeness (QED) is 0.471. The van der Waals surface area contributed by atoms with Gasteiger partial charge in [0.1, 0.15) is 5.75 Å². The van der Waals surface area contributed by atoms with Crippen molar-refractivity contribution in [2.45, 2.75) is 76.9 Å². The van der Waals surface area contributed by atoms with Gasteiger partial charge in [0.25, 0.3) is 0 Å². The minimum atomic E-state index is -0.729. The summed E-state index contributed by atoms with van der Waals surface area (Å²) in [5.74, 6) is 1.60. The molecule has 1 aromatic carbocycles. The first-order chi connectivity index (χ1) is 16.6. The number of methoxy groups -OCH3 is 1.